The molecule has 0 spiro atoms. The molecule has 1 aliphatic heterocycles. The monoisotopic (exact) mass is 324 g/mol. The second-order valence-electron chi connectivity index (χ2n) is 5.96. The van der Waals surface area contributed by atoms with Crippen LogP contribution in [0.2, 0.25) is 5.02 Å². The lowest BCUT2D eigenvalue weighted by Crippen LogP contribution is -2.44. The van der Waals surface area contributed by atoms with Gasteiger partial charge in [-0.25, -0.2) is 0 Å². The fraction of sp³-hybridized carbons (Fsp3) is 0.588. The molecular weight excluding hydrogens is 300 g/mol. The molecule has 2 atom stereocenters. The molecule has 22 heavy (non-hydrogen) atoms. The molecule has 1 aliphatic rings. The van der Waals surface area contributed by atoms with Crippen LogP contribution in [0.1, 0.15) is 37.9 Å². The third kappa shape index (κ3) is 4.97. The fourth-order valence-corrected chi connectivity index (χ4v) is 2.99. The van der Waals surface area contributed by atoms with E-state index in [1.807, 2.05) is 12.1 Å². The molecule has 0 radical (unpaired) electrons. The average molecular weight is 325 g/mol. The van der Waals surface area contributed by atoms with Crippen LogP contribution in [0.25, 0.3) is 0 Å². The first-order chi connectivity index (χ1) is 10.6. The highest BCUT2D eigenvalue weighted by Crippen LogP contribution is 2.21. The van der Waals surface area contributed by atoms with Crippen molar-refractivity contribution in [3.05, 3.63) is 34.9 Å². The predicted molar refractivity (Wildman–Crippen MR) is 88.9 cm³/mol. The summed E-state index contributed by atoms with van der Waals surface area (Å²) < 4.78 is 0. The van der Waals surface area contributed by atoms with Crippen LogP contribution in [0.5, 0.6) is 0 Å². The van der Waals surface area contributed by atoms with Crippen LogP contribution in [-0.2, 0) is 4.79 Å². The van der Waals surface area contributed by atoms with Gasteiger partial charge < -0.3 is 10.4 Å². The van der Waals surface area contributed by atoms with E-state index >= 15 is 0 Å². The van der Waals surface area contributed by atoms with Gasteiger partial charge in [-0.2, -0.15) is 0 Å². The number of rotatable bonds is 6. The normalized spacial score (nSPS) is 20.6. The average Bonchev–Trinajstić information content (AvgIpc) is 2.53. The van der Waals surface area contributed by atoms with Crippen LogP contribution in [-0.4, -0.2) is 42.1 Å². The molecule has 1 aromatic rings. The van der Waals surface area contributed by atoms with Gasteiger partial charge in [0.25, 0.3) is 0 Å². The Balaban J connectivity index is 1.86. The van der Waals surface area contributed by atoms with Crippen LogP contribution in [0, 0.1) is 5.92 Å². The van der Waals surface area contributed by atoms with Crippen molar-refractivity contribution in [2.24, 2.45) is 5.92 Å². The Labute approximate surface area is 137 Å². The van der Waals surface area contributed by atoms with Crippen LogP contribution in [0.15, 0.2) is 24.3 Å². The Bertz CT molecular complexity index is 478. The van der Waals surface area contributed by atoms with Gasteiger partial charge in [-0.15, -0.1) is 0 Å². The smallest absolute Gasteiger partial charge is 0.224 e. The van der Waals surface area contributed by atoms with Gasteiger partial charge in [0.1, 0.15) is 0 Å². The lowest BCUT2D eigenvalue weighted by atomic mass is 9.96. The van der Waals surface area contributed by atoms with Crippen LogP contribution >= 0.6 is 11.6 Å². The summed E-state index contributed by atoms with van der Waals surface area (Å²) in [6.45, 7) is 5.00. The molecule has 0 unspecified atom stereocenters. The number of aliphatic hydroxyl groups excluding tert-OH is 1. The van der Waals surface area contributed by atoms with E-state index in [0.717, 1.165) is 44.5 Å². The van der Waals surface area contributed by atoms with Crippen LogP contribution in [0.4, 0.5) is 0 Å². The zero-order chi connectivity index (χ0) is 15.9. The lowest BCUT2D eigenvalue weighted by Gasteiger charge is -2.33. The number of aliphatic hydroxyl groups is 1. The number of carbonyl (C=O) groups excluding carboxylic acids is 1. The van der Waals surface area contributed by atoms with Crippen molar-refractivity contribution in [2.45, 2.75) is 32.3 Å². The molecule has 0 aliphatic carbocycles. The summed E-state index contributed by atoms with van der Waals surface area (Å²) in [5.74, 6) is 0.185. The second-order valence-corrected chi connectivity index (χ2v) is 6.39. The van der Waals surface area contributed by atoms with E-state index in [2.05, 4.69) is 17.1 Å². The van der Waals surface area contributed by atoms with E-state index in [9.17, 15) is 9.90 Å². The maximum atomic E-state index is 12.1. The number of β-amino-alcohol motifs (C(OH)–C–C–N with tert-alkyl or cyclic N) is 1. The van der Waals surface area contributed by atoms with Gasteiger partial charge in [-0.3, -0.25) is 9.69 Å². The van der Waals surface area contributed by atoms with Crippen molar-refractivity contribution < 1.29 is 9.90 Å². The van der Waals surface area contributed by atoms with Gasteiger partial charge in [0.15, 0.2) is 0 Å². The Morgan fingerprint density at radius 2 is 2.18 bits per heavy atom. The highest BCUT2D eigenvalue weighted by Gasteiger charge is 2.26. The molecule has 2 N–H and O–H groups in total. The molecule has 4 nitrogen and oxygen atoms in total. The van der Waals surface area contributed by atoms with E-state index in [-0.39, 0.29) is 11.8 Å². The number of hydrogen-bond acceptors (Lipinski definition) is 3. The van der Waals surface area contributed by atoms with Crippen LogP contribution in [0.3, 0.4) is 0 Å². The third-order valence-electron chi connectivity index (χ3n) is 4.11. The zero-order valence-corrected chi connectivity index (χ0v) is 13.9. The zero-order valence-electron chi connectivity index (χ0n) is 13.1. The summed E-state index contributed by atoms with van der Waals surface area (Å²) >= 11 is 5.87. The van der Waals surface area contributed by atoms with Gasteiger partial charge >= 0.3 is 0 Å². The molecule has 1 aromatic carbocycles. The summed E-state index contributed by atoms with van der Waals surface area (Å²) in [6.07, 6.45) is 2.34. The molecule has 1 heterocycles. The van der Waals surface area contributed by atoms with Gasteiger partial charge in [0.05, 0.1) is 12.0 Å². The number of amides is 1. The maximum Gasteiger partial charge on any atom is 0.224 e. The summed E-state index contributed by atoms with van der Waals surface area (Å²) in [6, 6.07) is 7.28. The van der Waals surface area contributed by atoms with Crippen molar-refractivity contribution >= 4 is 17.5 Å². The Morgan fingerprint density at radius 1 is 1.45 bits per heavy atom. The molecule has 1 saturated heterocycles. The largest absolute Gasteiger partial charge is 0.387 e. The number of nitrogens with zero attached hydrogens (tertiary/aromatic N) is 1. The fourth-order valence-electron chi connectivity index (χ4n) is 2.86. The van der Waals surface area contributed by atoms with Crippen molar-refractivity contribution in [1.82, 2.24) is 10.2 Å². The number of hydrogen-bond donors (Lipinski definition) is 2. The van der Waals surface area contributed by atoms with Crippen molar-refractivity contribution in [2.75, 3.05) is 26.2 Å². The van der Waals surface area contributed by atoms with Crippen molar-refractivity contribution in [3.63, 3.8) is 0 Å². The minimum Gasteiger partial charge on any atom is -0.387 e. The minimum absolute atomic E-state index is 0.0396. The molecule has 5 heteroatoms. The lowest BCUT2D eigenvalue weighted by molar-refractivity contribution is -0.126. The molecular formula is C17H25ClN2O2. The van der Waals surface area contributed by atoms with E-state index in [1.54, 1.807) is 12.1 Å². The maximum absolute atomic E-state index is 12.1. The number of halogens is 1. The van der Waals surface area contributed by atoms with E-state index in [1.165, 1.54) is 0 Å². The minimum atomic E-state index is -0.547. The number of likely N-dealkylation sites (tertiary alicyclic amines) is 1. The van der Waals surface area contributed by atoms with E-state index in [0.29, 0.717) is 11.6 Å². The van der Waals surface area contributed by atoms with E-state index in [4.69, 9.17) is 11.6 Å². The Morgan fingerprint density at radius 3 is 2.86 bits per heavy atom. The molecule has 0 saturated carbocycles. The molecule has 0 bridgehead atoms. The van der Waals surface area contributed by atoms with Crippen LogP contribution < -0.4 is 5.32 Å². The molecule has 122 valence electrons. The number of piperidine rings is 1. The topological polar surface area (TPSA) is 52.6 Å². The van der Waals surface area contributed by atoms with Gasteiger partial charge in [0, 0.05) is 24.7 Å². The molecule has 1 fully saturated rings. The number of benzene rings is 1. The molecule has 0 aromatic heterocycles. The molecule has 2 rings (SSSR count). The summed E-state index contributed by atoms with van der Waals surface area (Å²) in [4.78, 5) is 14.3. The first-order valence-electron chi connectivity index (χ1n) is 8.03. The Kier molecular flexibility index (Phi) is 6.68. The first kappa shape index (κ1) is 17.3. The number of carbonyl (C=O) groups is 1. The van der Waals surface area contributed by atoms with Crippen molar-refractivity contribution in [1.29, 1.82) is 0 Å². The summed E-state index contributed by atoms with van der Waals surface area (Å²) in [5, 5.41) is 14.0. The predicted octanol–water partition coefficient (Wildman–Crippen LogP) is 2.61. The third-order valence-corrected chi connectivity index (χ3v) is 4.36. The summed E-state index contributed by atoms with van der Waals surface area (Å²) in [7, 11) is 0. The Hall–Kier alpha value is -1.10. The molecule has 1 amide bonds. The first-order valence-corrected chi connectivity index (χ1v) is 8.41. The standard InChI is InChI=1S/C17H25ClN2O2/c1-2-9-19-17(22)14-4-3-10-20(11-14)12-16(21)13-5-7-15(18)8-6-13/h5-8,14,16,21H,2-4,9-12H2,1H3,(H,19,22)/t14-,16+/m1/s1. The van der Waals surface area contributed by atoms with Gasteiger partial charge in [-0.05, 0) is 43.5 Å². The second kappa shape index (κ2) is 8.51. The van der Waals surface area contributed by atoms with Gasteiger partial charge in [0.2, 0.25) is 5.91 Å². The highest BCUT2D eigenvalue weighted by molar-refractivity contribution is 6.30. The SMILES string of the molecule is CCCNC(=O)[C@@H]1CCCN(C[C@H](O)c2ccc(Cl)cc2)C1. The van der Waals surface area contributed by atoms with E-state index < -0.39 is 6.10 Å². The van der Waals surface area contributed by atoms with Crippen molar-refractivity contribution in [3.8, 4) is 0 Å². The quantitative estimate of drug-likeness (QED) is 0.845. The summed E-state index contributed by atoms with van der Waals surface area (Å²) in [5.41, 5.74) is 0.863. The highest BCUT2D eigenvalue weighted by atomic mass is 35.5. The number of nitrogens with one attached hydrogen (secondary N) is 1. The van der Waals surface area contributed by atoms with Gasteiger partial charge in [-0.1, -0.05) is 30.7 Å².